The van der Waals surface area contributed by atoms with Crippen LogP contribution in [0.4, 0.5) is 0 Å². The lowest BCUT2D eigenvalue weighted by Gasteiger charge is -2.35. The summed E-state index contributed by atoms with van der Waals surface area (Å²) in [5, 5.41) is 9.18. The summed E-state index contributed by atoms with van der Waals surface area (Å²) >= 11 is 0. The molecule has 1 aliphatic heterocycles. The number of piperidine rings is 1. The normalized spacial score (nSPS) is 19.1. The largest absolute Gasteiger partial charge is 0.396 e. The summed E-state index contributed by atoms with van der Waals surface area (Å²) in [4.78, 5) is 19.1. The first-order valence-corrected chi connectivity index (χ1v) is 7.56. The molecule has 1 amide bonds. The number of nitrogens with zero attached hydrogens (tertiary/aromatic N) is 3. The van der Waals surface area contributed by atoms with Crippen molar-refractivity contribution in [2.45, 2.75) is 38.6 Å². The molecule has 1 saturated heterocycles. The van der Waals surface area contributed by atoms with E-state index in [1.54, 1.807) is 0 Å². The summed E-state index contributed by atoms with van der Waals surface area (Å²) in [6.45, 7) is 2.85. The highest BCUT2D eigenvalue weighted by atomic mass is 16.3. The molecule has 2 aromatic heterocycles. The number of fused-ring (bicyclic) bond motifs is 1. The molecular formula is C16H21N3O2. The van der Waals surface area contributed by atoms with E-state index in [9.17, 15) is 9.90 Å². The number of aliphatic hydroxyl groups excluding tert-OH is 1. The second-order valence-electron chi connectivity index (χ2n) is 5.72. The summed E-state index contributed by atoms with van der Waals surface area (Å²) < 4.78 is 1.92. The molecule has 1 atom stereocenters. The second kappa shape index (κ2) is 5.85. The molecule has 1 aliphatic rings. The van der Waals surface area contributed by atoms with Crippen LogP contribution in [0.15, 0.2) is 24.5 Å². The van der Waals surface area contributed by atoms with Crippen molar-refractivity contribution >= 4 is 11.6 Å². The van der Waals surface area contributed by atoms with E-state index in [1.807, 2.05) is 40.8 Å². The van der Waals surface area contributed by atoms with Crippen molar-refractivity contribution in [1.29, 1.82) is 0 Å². The number of hydrogen-bond acceptors (Lipinski definition) is 3. The lowest BCUT2D eigenvalue weighted by Crippen LogP contribution is -2.44. The lowest BCUT2D eigenvalue weighted by molar-refractivity contribution is 0.0574. The maximum Gasteiger partial charge on any atom is 0.254 e. The van der Waals surface area contributed by atoms with Crippen LogP contribution in [0.1, 0.15) is 41.7 Å². The number of likely N-dealkylation sites (tertiary alicyclic amines) is 1. The Morgan fingerprint density at radius 2 is 2.33 bits per heavy atom. The molecule has 0 spiro atoms. The summed E-state index contributed by atoms with van der Waals surface area (Å²) in [7, 11) is 0. The average Bonchev–Trinajstić information content (AvgIpc) is 2.86. The van der Waals surface area contributed by atoms with Crippen molar-refractivity contribution in [3.63, 3.8) is 0 Å². The quantitative estimate of drug-likeness (QED) is 0.939. The Morgan fingerprint density at radius 1 is 1.48 bits per heavy atom. The topological polar surface area (TPSA) is 57.8 Å². The summed E-state index contributed by atoms with van der Waals surface area (Å²) in [6.07, 6.45) is 7.64. The Labute approximate surface area is 124 Å². The Kier molecular flexibility index (Phi) is 3.92. The molecule has 1 N–H and O–H groups in total. The third-order valence-corrected chi connectivity index (χ3v) is 4.18. The van der Waals surface area contributed by atoms with E-state index in [0.29, 0.717) is 12.0 Å². The lowest BCUT2D eigenvalue weighted by atomic mass is 9.98. The van der Waals surface area contributed by atoms with Crippen molar-refractivity contribution in [1.82, 2.24) is 14.3 Å². The number of imidazole rings is 1. The van der Waals surface area contributed by atoms with Crippen LogP contribution >= 0.6 is 0 Å². The molecule has 5 nitrogen and oxygen atoms in total. The van der Waals surface area contributed by atoms with Gasteiger partial charge in [0.2, 0.25) is 0 Å². The fourth-order valence-corrected chi connectivity index (χ4v) is 3.12. The van der Waals surface area contributed by atoms with Gasteiger partial charge in [-0.25, -0.2) is 4.98 Å². The van der Waals surface area contributed by atoms with Crippen LogP contribution < -0.4 is 0 Å². The SMILES string of the molecule is Cc1cn2ccc(C(=O)N3CCCCC3CCO)cc2n1. The predicted octanol–water partition coefficient (Wildman–Crippen LogP) is 2.02. The number of carbonyl (C=O) groups is 1. The summed E-state index contributed by atoms with van der Waals surface area (Å²) in [5.74, 6) is 0.0521. The molecule has 0 aliphatic carbocycles. The van der Waals surface area contributed by atoms with E-state index in [0.717, 1.165) is 37.1 Å². The van der Waals surface area contributed by atoms with Gasteiger partial charge in [-0.3, -0.25) is 4.79 Å². The summed E-state index contributed by atoms with van der Waals surface area (Å²) in [6, 6.07) is 3.86. The number of aryl methyl sites for hydroxylation is 1. The van der Waals surface area contributed by atoms with Crippen molar-refractivity contribution in [3.8, 4) is 0 Å². The van der Waals surface area contributed by atoms with Crippen LogP contribution in [-0.2, 0) is 0 Å². The number of rotatable bonds is 3. The molecule has 112 valence electrons. The van der Waals surface area contributed by atoms with Crippen LogP contribution in [0.3, 0.4) is 0 Å². The van der Waals surface area contributed by atoms with Crippen molar-refractivity contribution in [2.75, 3.05) is 13.2 Å². The van der Waals surface area contributed by atoms with Gasteiger partial charge in [0.05, 0.1) is 5.69 Å². The molecular weight excluding hydrogens is 266 g/mol. The number of amides is 1. The Morgan fingerprint density at radius 3 is 3.14 bits per heavy atom. The van der Waals surface area contributed by atoms with Crippen LogP contribution in [-0.4, -0.2) is 44.5 Å². The maximum absolute atomic E-state index is 12.7. The molecule has 5 heteroatoms. The summed E-state index contributed by atoms with van der Waals surface area (Å²) in [5.41, 5.74) is 2.42. The zero-order valence-electron chi connectivity index (χ0n) is 12.3. The fourth-order valence-electron chi connectivity index (χ4n) is 3.12. The third-order valence-electron chi connectivity index (χ3n) is 4.18. The van der Waals surface area contributed by atoms with E-state index >= 15 is 0 Å². The number of aliphatic hydroxyl groups is 1. The van der Waals surface area contributed by atoms with Gasteiger partial charge in [-0.15, -0.1) is 0 Å². The van der Waals surface area contributed by atoms with Crippen LogP contribution in [0.5, 0.6) is 0 Å². The highest BCUT2D eigenvalue weighted by Crippen LogP contribution is 2.22. The molecule has 1 unspecified atom stereocenters. The van der Waals surface area contributed by atoms with Gasteiger partial charge in [-0.1, -0.05) is 0 Å². The predicted molar refractivity (Wildman–Crippen MR) is 80.3 cm³/mol. The standard InChI is InChI=1S/C16H21N3O2/c1-12-11-18-8-5-13(10-15(18)17-12)16(21)19-7-3-2-4-14(19)6-9-20/h5,8,10-11,14,20H,2-4,6-7,9H2,1H3. The van der Waals surface area contributed by atoms with E-state index in [4.69, 9.17) is 0 Å². The van der Waals surface area contributed by atoms with Gasteiger partial charge in [-0.2, -0.15) is 0 Å². The van der Waals surface area contributed by atoms with Gasteiger partial charge in [0.15, 0.2) is 0 Å². The molecule has 0 saturated carbocycles. The first-order valence-electron chi connectivity index (χ1n) is 7.56. The molecule has 21 heavy (non-hydrogen) atoms. The van der Waals surface area contributed by atoms with Crippen LogP contribution in [0.25, 0.3) is 5.65 Å². The fraction of sp³-hybridized carbons (Fsp3) is 0.500. The van der Waals surface area contributed by atoms with E-state index in [2.05, 4.69) is 4.98 Å². The highest BCUT2D eigenvalue weighted by molar-refractivity contribution is 5.95. The van der Waals surface area contributed by atoms with Gasteiger partial charge in [0.25, 0.3) is 5.91 Å². The minimum absolute atomic E-state index is 0.0521. The number of carbonyl (C=O) groups excluding carboxylic acids is 1. The molecule has 1 fully saturated rings. The zero-order chi connectivity index (χ0) is 14.8. The second-order valence-corrected chi connectivity index (χ2v) is 5.72. The van der Waals surface area contributed by atoms with E-state index in [-0.39, 0.29) is 18.6 Å². The first kappa shape index (κ1) is 14.1. The Balaban J connectivity index is 1.87. The van der Waals surface area contributed by atoms with Crippen molar-refractivity contribution in [2.24, 2.45) is 0 Å². The maximum atomic E-state index is 12.7. The van der Waals surface area contributed by atoms with Gasteiger partial charge in [0.1, 0.15) is 5.65 Å². The number of pyridine rings is 1. The van der Waals surface area contributed by atoms with Gasteiger partial charge >= 0.3 is 0 Å². The molecule has 2 aromatic rings. The van der Waals surface area contributed by atoms with Gasteiger partial charge in [0, 0.05) is 37.2 Å². The first-order chi connectivity index (χ1) is 10.2. The Hall–Kier alpha value is -1.88. The molecule has 0 bridgehead atoms. The third kappa shape index (κ3) is 2.78. The van der Waals surface area contributed by atoms with E-state index in [1.165, 1.54) is 0 Å². The smallest absolute Gasteiger partial charge is 0.254 e. The minimum Gasteiger partial charge on any atom is -0.396 e. The van der Waals surface area contributed by atoms with Crippen LogP contribution in [0, 0.1) is 6.92 Å². The monoisotopic (exact) mass is 287 g/mol. The Bertz CT molecular complexity index is 648. The van der Waals surface area contributed by atoms with Crippen molar-refractivity contribution in [3.05, 3.63) is 35.8 Å². The molecule has 3 rings (SSSR count). The number of hydrogen-bond donors (Lipinski definition) is 1. The van der Waals surface area contributed by atoms with E-state index < -0.39 is 0 Å². The molecule has 0 aromatic carbocycles. The highest BCUT2D eigenvalue weighted by Gasteiger charge is 2.27. The van der Waals surface area contributed by atoms with Crippen molar-refractivity contribution < 1.29 is 9.90 Å². The van der Waals surface area contributed by atoms with Crippen LogP contribution in [0.2, 0.25) is 0 Å². The van der Waals surface area contributed by atoms with Gasteiger partial charge in [-0.05, 0) is 44.7 Å². The number of aromatic nitrogens is 2. The zero-order valence-corrected chi connectivity index (χ0v) is 12.3. The molecule has 0 radical (unpaired) electrons. The molecule has 3 heterocycles. The average molecular weight is 287 g/mol. The van der Waals surface area contributed by atoms with Gasteiger partial charge < -0.3 is 14.4 Å². The minimum atomic E-state index is 0.0521.